The molecule has 3 nitrogen and oxygen atoms in total. The number of nitrogens with two attached hydrogens (primary N) is 1. The van der Waals surface area contributed by atoms with Crippen LogP contribution in [0.4, 0.5) is 5.82 Å². The Kier molecular flexibility index (Phi) is 3.16. The molecule has 3 heteroatoms. The number of nitrogens with zero attached hydrogens (tertiary/aromatic N) is 1. The Morgan fingerprint density at radius 3 is 2.61 bits per heavy atom. The highest BCUT2D eigenvalue weighted by molar-refractivity contribution is 5.83. The number of anilines is 1. The fourth-order valence-electron chi connectivity index (χ4n) is 2.02. The lowest BCUT2D eigenvalue weighted by molar-refractivity contribution is 0.293. The molecule has 0 atom stereocenters. The standard InChI is InChI=1S/C15H20N2O/c1-4-15(2,3)10-17-13(16)9-11-7-5-6-8-12(11)14(17)18/h5-9H,4,10,16H2,1-3H3. The van der Waals surface area contributed by atoms with Crippen LogP contribution in [0.5, 0.6) is 0 Å². The molecule has 0 saturated heterocycles. The third kappa shape index (κ3) is 2.26. The van der Waals surface area contributed by atoms with E-state index in [1.807, 2.05) is 30.3 Å². The van der Waals surface area contributed by atoms with Crippen molar-refractivity contribution in [2.45, 2.75) is 33.7 Å². The molecule has 0 fully saturated rings. The summed E-state index contributed by atoms with van der Waals surface area (Å²) >= 11 is 0. The smallest absolute Gasteiger partial charge is 0.259 e. The lowest BCUT2D eigenvalue weighted by Crippen LogP contribution is -2.30. The SMILES string of the molecule is CCC(C)(C)Cn1c(N)cc2ccccc2c1=O. The number of aromatic nitrogens is 1. The Balaban J connectivity index is 2.61. The largest absolute Gasteiger partial charge is 0.385 e. The molecule has 96 valence electrons. The quantitative estimate of drug-likeness (QED) is 0.902. The molecule has 0 bridgehead atoms. The Morgan fingerprint density at radius 2 is 1.94 bits per heavy atom. The molecular weight excluding hydrogens is 224 g/mol. The van der Waals surface area contributed by atoms with Crippen LogP contribution in [0, 0.1) is 5.41 Å². The molecule has 2 aromatic rings. The monoisotopic (exact) mass is 244 g/mol. The van der Waals surface area contributed by atoms with E-state index in [0.717, 1.165) is 17.2 Å². The second-order valence-electron chi connectivity index (χ2n) is 5.57. The van der Waals surface area contributed by atoms with Crippen LogP contribution < -0.4 is 11.3 Å². The zero-order valence-corrected chi connectivity index (χ0v) is 11.2. The zero-order chi connectivity index (χ0) is 13.3. The van der Waals surface area contributed by atoms with Gasteiger partial charge in [-0.2, -0.15) is 0 Å². The van der Waals surface area contributed by atoms with Gasteiger partial charge in [-0.25, -0.2) is 0 Å². The number of hydrogen-bond donors (Lipinski definition) is 1. The van der Waals surface area contributed by atoms with Gasteiger partial charge in [0, 0.05) is 11.9 Å². The van der Waals surface area contributed by atoms with Gasteiger partial charge in [0.2, 0.25) is 0 Å². The summed E-state index contributed by atoms with van der Waals surface area (Å²) in [5.74, 6) is 0.542. The van der Waals surface area contributed by atoms with Gasteiger partial charge in [-0.05, 0) is 29.4 Å². The number of pyridine rings is 1. The second kappa shape index (κ2) is 4.48. The van der Waals surface area contributed by atoms with Crippen molar-refractivity contribution >= 4 is 16.6 Å². The molecule has 0 amide bonds. The molecule has 2 N–H and O–H groups in total. The summed E-state index contributed by atoms with van der Waals surface area (Å²) in [6.07, 6.45) is 1.01. The lowest BCUT2D eigenvalue weighted by atomic mass is 9.90. The van der Waals surface area contributed by atoms with Crippen molar-refractivity contribution in [3.8, 4) is 0 Å². The van der Waals surface area contributed by atoms with Crippen molar-refractivity contribution in [3.63, 3.8) is 0 Å². The van der Waals surface area contributed by atoms with Crippen LogP contribution in [0.3, 0.4) is 0 Å². The van der Waals surface area contributed by atoms with Crippen molar-refractivity contribution in [2.75, 3.05) is 5.73 Å². The van der Waals surface area contributed by atoms with Gasteiger partial charge in [-0.3, -0.25) is 9.36 Å². The van der Waals surface area contributed by atoms with Crippen molar-refractivity contribution in [3.05, 3.63) is 40.7 Å². The van der Waals surface area contributed by atoms with Gasteiger partial charge < -0.3 is 5.73 Å². The maximum Gasteiger partial charge on any atom is 0.259 e. The van der Waals surface area contributed by atoms with Crippen LogP contribution >= 0.6 is 0 Å². The summed E-state index contributed by atoms with van der Waals surface area (Å²) in [6, 6.07) is 9.45. The first kappa shape index (κ1) is 12.7. The summed E-state index contributed by atoms with van der Waals surface area (Å²) in [5, 5.41) is 1.64. The van der Waals surface area contributed by atoms with Crippen LogP contribution in [-0.2, 0) is 6.54 Å². The maximum absolute atomic E-state index is 12.4. The van der Waals surface area contributed by atoms with E-state index in [9.17, 15) is 4.79 Å². The first-order chi connectivity index (χ1) is 8.44. The molecule has 0 spiro atoms. The van der Waals surface area contributed by atoms with Gasteiger partial charge in [0.1, 0.15) is 5.82 Å². The molecule has 1 aromatic carbocycles. The Hall–Kier alpha value is -1.77. The molecule has 0 aliphatic rings. The molecule has 2 rings (SSSR count). The maximum atomic E-state index is 12.4. The predicted molar refractivity (Wildman–Crippen MR) is 76.7 cm³/mol. The van der Waals surface area contributed by atoms with Crippen LogP contribution in [-0.4, -0.2) is 4.57 Å². The Labute approximate surface area is 107 Å². The van der Waals surface area contributed by atoms with Gasteiger partial charge in [0.05, 0.1) is 0 Å². The highest BCUT2D eigenvalue weighted by Gasteiger charge is 2.18. The van der Waals surface area contributed by atoms with Crippen molar-refractivity contribution in [1.29, 1.82) is 0 Å². The fraction of sp³-hybridized carbons (Fsp3) is 0.400. The van der Waals surface area contributed by atoms with E-state index in [0.29, 0.717) is 12.4 Å². The molecular formula is C15H20N2O. The first-order valence-electron chi connectivity index (χ1n) is 6.33. The summed E-state index contributed by atoms with van der Waals surface area (Å²) in [6.45, 7) is 7.07. The van der Waals surface area contributed by atoms with E-state index in [1.54, 1.807) is 4.57 Å². The average Bonchev–Trinajstić information content (AvgIpc) is 2.34. The van der Waals surface area contributed by atoms with E-state index in [2.05, 4.69) is 20.8 Å². The van der Waals surface area contributed by atoms with Gasteiger partial charge >= 0.3 is 0 Å². The number of rotatable bonds is 3. The molecule has 0 unspecified atom stereocenters. The van der Waals surface area contributed by atoms with E-state index in [1.165, 1.54) is 0 Å². The van der Waals surface area contributed by atoms with Gasteiger partial charge in [0.25, 0.3) is 5.56 Å². The number of nitrogen functional groups attached to an aromatic ring is 1. The summed E-state index contributed by atoms with van der Waals surface area (Å²) in [4.78, 5) is 12.4. The molecule has 0 aliphatic carbocycles. The van der Waals surface area contributed by atoms with Gasteiger partial charge in [-0.1, -0.05) is 39.0 Å². The van der Waals surface area contributed by atoms with Gasteiger partial charge in [0.15, 0.2) is 0 Å². The summed E-state index contributed by atoms with van der Waals surface area (Å²) in [5.41, 5.74) is 6.09. The molecule has 1 aromatic heterocycles. The molecule has 1 heterocycles. The van der Waals surface area contributed by atoms with Crippen LogP contribution in [0.15, 0.2) is 35.1 Å². The van der Waals surface area contributed by atoms with Crippen molar-refractivity contribution < 1.29 is 0 Å². The van der Waals surface area contributed by atoms with Gasteiger partial charge in [-0.15, -0.1) is 0 Å². The highest BCUT2D eigenvalue weighted by atomic mass is 16.1. The highest BCUT2D eigenvalue weighted by Crippen LogP contribution is 2.23. The van der Waals surface area contributed by atoms with Crippen LogP contribution in [0.25, 0.3) is 10.8 Å². The third-order valence-corrected chi connectivity index (χ3v) is 3.59. The van der Waals surface area contributed by atoms with Crippen LogP contribution in [0.1, 0.15) is 27.2 Å². The molecule has 0 aliphatic heterocycles. The summed E-state index contributed by atoms with van der Waals surface area (Å²) in [7, 11) is 0. The summed E-state index contributed by atoms with van der Waals surface area (Å²) < 4.78 is 1.69. The zero-order valence-electron chi connectivity index (χ0n) is 11.2. The minimum atomic E-state index is 0.00660. The molecule has 0 saturated carbocycles. The van der Waals surface area contributed by atoms with E-state index >= 15 is 0 Å². The minimum absolute atomic E-state index is 0.00660. The molecule has 18 heavy (non-hydrogen) atoms. The van der Waals surface area contributed by atoms with Crippen molar-refractivity contribution in [2.24, 2.45) is 5.41 Å². The normalized spacial score (nSPS) is 11.9. The van der Waals surface area contributed by atoms with Crippen molar-refractivity contribution in [1.82, 2.24) is 4.57 Å². The van der Waals surface area contributed by atoms with E-state index < -0.39 is 0 Å². The third-order valence-electron chi connectivity index (χ3n) is 3.59. The number of benzene rings is 1. The molecule has 0 radical (unpaired) electrons. The Morgan fingerprint density at radius 1 is 1.28 bits per heavy atom. The first-order valence-corrected chi connectivity index (χ1v) is 6.33. The van der Waals surface area contributed by atoms with E-state index in [-0.39, 0.29) is 11.0 Å². The Bertz CT molecular complexity index is 626. The predicted octanol–water partition coefficient (Wildman–Crippen LogP) is 3.02. The second-order valence-corrected chi connectivity index (χ2v) is 5.57. The minimum Gasteiger partial charge on any atom is -0.385 e. The average molecular weight is 244 g/mol. The van der Waals surface area contributed by atoms with E-state index in [4.69, 9.17) is 5.73 Å². The fourth-order valence-corrected chi connectivity index (χ4v) is 2.02. The number of hydrogen-bond acceptors (Lipinski definition) is 2. The number of fused-ring (bicyclic) bond motifs is 1. The topological polar surface area (TPSA) is 48.0 Å². The van der Waals surface area contributed by atoms with Crippen LogP contribution in [0.2, 0.25) is 0 Å². The lowest BCUT2D eigenvalue weighted by Gasteiger charge is -2.25.